The molecule has 0 saturated carbocycles. The number of nitrogens with zero attached hydrogens (tertiary/aromatic N) is 3. The first-order chi connectivity index (χ1) is 9.27. The minimum Gasteiger partial charge on any atom is -0.325 e. The van der Waals surface area contributed by atoms with Crippen molar-refractivity contribution in [1.82, 2.24) is 15.0 Å². The first-order valence-electron chi connectivity index (χ1n) is 6.95. The molecule has 102 valence electrons. The van der Waals surface area contributed by atoms with Crippen molar-refractivity contribution >= 4 is 0 Å². The molecule has 2 N–H and O–H groups in total. The van der Waals surface area contributed by atoms with Crippen LogP contribution in [0, 0.1) is 0 Å². The van der Waals surface area contributed by atoms with Crippen LogP contribution in [0.5, 0.6) is 0 Å². The van der Waals surface area contributed by atoms with Gasteiger partial charge < -0.3 is 5.73 Å². The normalized spacial score (nSPS) is 12.6. The molecule has 2 aromatic rings. The lowest BCUT2D eigenvalue weighted by atomic mass is 10.1. The summed E-state index contributed by atoms with van der Waals surface area (Å²) in [5.41, 5.74) is 9.11. The van der Waals surface area contributed by atoms with Gasteiger partial charge in [0.05, 0.1) is 17.4 Å². The minimum atomic E-state index is 0.195. The van der Waals surface area contributed by atoms with E-state index in [9.17, 15) is 0 Å². The number of hydrogen-bond donors (Lipinski definition) is 1. The van der Waals surface area contributed by atoms with Gasteiger partial charge in [0.1, 0.15) is 0 Å². The van der Waals surface area contributed by atoms with Crippen LogP contribution in [0.25, 0.3) is 0 Å². The van der Waals surface area contributed by atoms with Crippen LogP contribution in [0.3, 0.4) is 0 Å². The average Bonchev–Trinajstić information content (AvgIpc) is 2.88. The summed E-state index contributed by atoms with van der Waals surface area (Å²) in [7, 11) is 0. The zero-order valence-corrected chi connectivity index (χ0v) is 11.7. The number of benzene rings is 1. The van der Waals surface area contributed by atoms with Crippen LogP contribution in [0.1, 0.15) is 49.7 Å². The van der Waals surface area contributed by atoms with Crippen molar-refractivity contribution < 1.29 is 0 Å². The summed E-state index contributed by atoms with van der Waals surface area (Å²) < 4.78 is 2.02. The topological polar surface area (TPSA) is 56.7 Å². The van der Waals surface area contributed by atoms with Crippen molar-refractivity contribution in [3.05, 3.63) is 47.3 Å². The lowest BCUT2D eigenvalue weighted by Crippen LogP contribution is -2.13. The Balaban J connectivity index is 2.31. The average molecular weight is 258 g/mol. The molecule has 1 atom stereocenters. The molecule has 0 aliphatic heterocycles. The molecule has 0 saturated heterocycles. The van der Waals surface area contributed by atoms with Crippen molar-refractivity contribution in [2.45, 2.75) is 45.7 Å². The van der Waals surface area contributed by atoms with Crippen molar-refractivity contribution in [3.63, 3.8) is 0 Å². The molecule has 1 unspecified atom stereocenters. The van der Waals surface area contributed by atoms with Crippen molar-refractivity contribution in [1.29, 1.82) is 0 Å². The number of aromatic nitrogens is 3. The molecule has 1 heterocycles. The van der Waals surface area contributed by atoms with E-state index in [4.69, 9.17) is 5.73 Å². The van der Waals surface area contributed by atoms with Gasteiger partial charge >= 0.3 is 0 Å². The Labute approximate surface area is 114 Å². The number of nitrogens with two attached hydrogens (primary N) is 1. The summed E-state index contributed by atoms with van der Waals surface area (Å²) >= 11 is 0. The van der Waals surface area contributed by atoms with E-state index in [2.05, 4.69) is 48.4 Å². The van der Waals surface area contributed by atoms with E-state index in [0.29, 0.717) is 6.54 Å². The second kappa shape index (κ2) is 6.48. The second-order valence-electron chi connectivity index (χ2n) is 4.82. The number of hydrogen-bond acceptors (Lipinski definition) is 3. The van der Waals surface area contributed by atoms with Gasteiger partial charge in [0, 0.05) is 6.54 Å². The van der Waals surface area contributed by atoms with Crippen LogP contribution in [-0.2, 0) is 13.0 Å². The highest BCUT2D eigenvalue weighted by atomic mass is 15.4. The maximum Gasteiger partial charge on any atom is 0.0994 e. The predicted molar refractivity (Wildman–Crippen MR) is 76.8 cm³/mol. The molecule has 1 aromatic carbocycles. The van der Waals surface area contributed by atoms with Gasteiger partial charge in [0.2, 0.25) is 0 Å². The third-order valence-corrected chi connectivity index (χ3v) is 3.48. The maximum atomic E-state index is 5.76. The molecule has 4 nitrogen and oxygen atoms in total. The van der Waals surface area contributed by atoms with Gasteiger partial charge in [0.15, 0.2) is 0 Å². The molecule has 2 rings (SSSR count). The summed E-state index contributed by atoms with van der Waals surface area (Å²) in [5.74, 6) is 0. The molecule has 0 spiro atoms. The van der Waals surface area contributed by atoms with Crippen LogP contribution in [0.4, 0.5) is 0 Å². The summed E-state index contributed by atoms with van der Waals surface area (Å²) in [6.45, 7) is 4.80. The van der Waals surface area contributed by atoms with E-state index in [0.717, 1.165) is 25.0 Å². The van der Waals surface area contributed by atoms with E-state index in [-0.39, 0.29) is 6.04 Å². The molecule has 19 heavy (non-hydrogen) atoms. The van der Waals surface area contributed by atoms with Crippen LogP contribution in [-0.4, -0.2) is 15.0 Å². The Morgan fingerprint density at radius 1 is 1.26 bits per heavy atom. The van der Waals surface area contributed by atoms with Gasteiger partial charge in [-0.05, 0) is 25.3 Å². The van der Waals surface area contributed by atoms with E-state index in [1.165, 1.54) is 11.3 Å². The van der Waals surface area contributed by atoms with Crippen LogP contribution in [0.15, 0.2) is 30.3 Å². The quantitative estimate of drug-likeness (QED) is 0.866. The summed E-state index contributed by atoms with van der Waals surface area (Å²) in [6.07, 6.45) is 3.30. The Hall–Kier alpha value is -1.68. The van der Waals surface area contributed by atoms with Gasteiger partial charge in [-0.25, -0.2) is 4.68 Å². The van der Waals surface area contributed by atoms with Gasteiger partial charge in [-0.15, -0.1) is 5.10 Å². The van der Waals surface area contributed by atoms with Crippen molar-refractivity contribution in [2.75, 3.05) is 0 Å². The second-order valence-corrected chi connectivity index (χ2v) is 4.82. The predicted octanol–water partition coefficient (Wildman–Crippen LogP) is 2.69. The molecule has 0 radical (unpaired) electrons. The molecule has 0 amide bonds. The highest BCUT2D eigenvalue weighted by Gasteiger charge is 2.16. The zero-order chi connectivity index (χ0) is 13.7. The third kappa shape index (κ3) is 3.01. The van der Waals surface area contributed by atoms with Gasteiger partial charge in [-0.1, -0.05) is 48.9 Å². The SMILES string of the molecule is CCCCc1c(CN)nnn1C(C)c1ccccc1. The molecule has 1 aromatic heterocycles. The molecule has 0 aliphatic rings. The zero-order valence-electron chi connectivity index (χ0n) is 11.7. The summed E-state index contributed by atoms with van der Waals surface area (Å²) in [4.78, 5) is 0. The van der Waals surface area contributed by atoms with Gasteiger partial charge in [0.25, 0.3) is 0 Å². The Kier molecular flexibility index (Phi) is 4.68. The molecular weight excluding hydrogens is 236 g/mol. The van der Waals surface area contributed by atoms with E-state index >= 15 is 0 Å². The van der Waals surface area contributed by atoms with E-state index in [1.54, 1.807) is 0 Å². The molecule has 0 aliphatic carbocycles. The molecule has 4 heteroatoms. The van der Waals surface area contributed by atoms with Crippen molar-refractivity contribution in [2.24, 2.45) is 5.73 Å². The lowest BCUT2D eigenvalue weighted by molar-refractivity contribution is 0.516. The fraction of sp³-hybridized carbons (Fsp3) is 0.467. The maximum absolute atomic E-state index is 5.76. The standard InChI is InChI=1S/C15H22N4/c1-3-4-10-15-14(11-16)17-18-19(15)12(2)13-8-6-5-7-9-13/h5-9,12H,3-4,10-11,16H2,1-2H3. The molecule has 0 fully saturated rings. The molecular formula is C15H22N4. The van der Waals surface area contributed by atoms with Gasteiger partial charge in [-0.3, -0.25) is 0 Å². The van der Waals surface area contributed by atoms with E-state index in [1.807, 2.05) is 10.7 Å². The fourth-order valence-electron chi connectivity index (χ4n) is 2.29. The van der Waals surface area contributed by atoms with Gasteiger partial charge in [-0.2, -0.15) is 0 Å². The highest BCUT2D eigenvalue weighted by molar-refractivity contribution is 5.21. The van der Waals surface area contributed by atoms with Crippen LogP contribution < -0.4 is 5.73 Å². The minimum absolute atomic E-state index is 0.195. The largest absolute Gasteiger partial charge is 0.325 e. The number of rotatable bonds is 6. The Bertz CT molecular complexity index is 504. The first kappa shape index (κ1) is 13.7. The van der Waals surface area contributed by atoms with Crippen LogP contribution in [0.2, 0.25) is 0 Å². The first-order valence-corrected chi connectivity index (χ1v) is 6.95. The molecule has 0 bridgehead atoms. The Morgan fingerprint density at radius 2 is 2.00 bits per heavy atom. The number of unbranched alkanes of at least 4 members (excludes halogenated alkanes) is 1. The third-order valence-electron chi connectivity index (χ3n) is 3.48. The fourth-order valence-corrected chi connectivity index (χ4v) is 2.29. The summed E-state index contributed by atoms with van der Waals surface area (Å²) in [5, 5.41) is 8.52. The monoisotopic (exact) mass is 258 g/mol. The highest BCUT2D eigenvalue weighted by Crippen LogP contribution is 2.21. The lowest BCUT2D eigenvalue weighted by Gasteiger charge is -2.15. The van der Waals surface area contributed by atoms with Crippen LogP contribution >= 0.6 is 0 Å². The Morgan fingerprint density at radius 3 is 2.63 bits per heavy atom. The summed E-state index contributed by atoms with van der Waals surface area (Å²) in [6, 6.07) is 10.6. The van der Waals surface area contributed by atoms with E-state index < -0.39 is 0 Å². The smallest absolute Gasteiger partial charge is 0.0994 e. The van der Waals surface area contributed by atoms with Crippen molar-refractivity contribution in [3.8, 4) is 0 Å².